The number of fused-ring (bicyclic) bond motifs is 1. The molecule has 0 aliphatic heterocycles. The molecular formula is C16H11F. The Morgan fingerprint density at radius 1 is 0.824 bits per heavy atom. The summed E-state index contributed by atoms with van der Waals surface area (Å²) < 4.78 is 12.8. The third-order valence-corrected chi connectivity index (χ3v) is 2.91. The van der Waals surface area contributed by atoms with Crippen molar-refractivity contribution in [3.8, 4) is 0 Å². The highest BCUT2D eigenvalue weighted by molar-refractivity contribution is 5.97. The largest absolute Gasteiger partial charge is 0.207 e. The van der Waals surface area contributed by atoms with Crippen molar-refractivity contribution in [2.45, 2.75) is 0 Å². The maximum atomic E-state index is 12.8. The number of halogens is 1. The first-order valence-corrected chi connectivity index (χ1v) is 5.58. The summed E-state index contributed by atoms with van der Waals surface area (Å²) in [5.41, 5.74) is 4.66. The molecule has 0 aromatic heterocycles. The fourth-order valence-corrected chi connectivity index (χ4v) is 2.04. The molecule has 2 aromatic rings. The van der Waals surface area contributed by atoms with Gasteiger partial charge in [-0.15, -0.1) is 0 Å². The van der Waals surface area contributed by atoms with Crippen molar-refractivity contribution in [3.05, 3.63) is 77.1 Å². The van der Waals surface area contributed by atoms with E-state index in [-0.39, 0.29) is 5.82 Å². The zero-order valence-corrected chi connectivity index (χ0v) is 9.23. The Balaban J connectivity index is 2.02. The maximum absolute atomic E-state index is 12.8. The van der Waals surface area contributed by atoms with Crippen molar-refractivity contribution in [1.29, 1.82) is 0 Å². The molecule has 0 nitrogen and oxygen atoms in total. The molecule has 0 saturated carbocycles. The number of hydrogen-bond donors (Lipinski definition) is 0. The highest BCUT2D eigenvalue weighted by Crippen LogP contribution is 2.30. The van der Waals surface area contributed by atoms with Crippen molar-refractivity contribution in [1.82, 2.24) is 0 Å². The summed E-state index contributed by atoms with van der Waals surface area (Å²) in [5, 5.41) is 0. The first kappa shape index (κ1) is 10.0. The van der Waals surface area contributed by atoms with Crippen LogP contribution in [0.5, 0.6) is 0 Å². The standard InChI is InChI=1S/C16H11F/c17-15-9-5-12(6-10-15)11-14-8-7-13-3-1-2-4-16(13)14/h1-11H/b14-11+. The number of rotatable bonds is 1. The highest BCUT2D eigenvalue weighted by atomic mass is 19.1. The fourth-order valence-electron chi connectivity index (χ4n) is 2.04. The van der Waals surface area contributed by atoms with Gasteiger partial charge in [-0.25, -0.2) is 4.39 Å². The van der Waals surface area contributed by atoms with Gasteiger partial charge in [0, 0.05) is 0 Å². The van der Waals surface area contributed by atoms with Gasteiger partial charge in [0.05, 0.1) is 0 Å². The average Bonchev–Trinajstić information content (AvgIpc) is 2.76. The van der Waals surface area contributed by atoms with Crippen molar-refractivity contribution >= 4 is 17.7 Å². The topological polar surface area (TPSA) is 0 Å². The zero-order chi connectivity index (χ0) is 11.7. The summed E-state index contributed by atoms with van der Waals surface area (Å²) in [5.74, 6) is -0.200. The normalized spacial score (nSPS) is 15.2. The Labute approximate surface area is 99.7 Å². The van der Waals surface area contributed by atoms with Crippen LogP contribution in [0, 0.1) is 5.82 Å². The first-order chi connectivity index (χ1) is 8.33. The second-order valence-electron chi connectivity index (χ2n) is 4.07. The van der Waals surface area contributed by atoms with Gasteiger partial charge in [0.25, 0.3) is 0 Å². The van der Waals surface area contributed by atoms with Crippen LogP contribution in [-0.4, -0.2) is 0 Å². The first-order valence-electron chi connectivity index (χ1n) is 5.58. The smallest absolute Gasteiger partial charge is 0.123 e. The van der Waals surface area contributed by atoms with Crippen LogP contribution in [0.15, 0.2) is 54.6 Å². The van der Waals surface area contributed by atoms with Gasteiger partial charge in [-0.1, -0.05) is 48.6 Å². The molecule has 1 aliphatic rings. The lowest BCUT2D eigenvalue weighted by molar-refractivity contribution is 0.628. The lowest BCUT2D eigenvalue weighted by Crippen LogP contribution is -1.80. The Kier molecular flexibility index (Phi) is 2.37. The SMILES string of the molecule is Fc1ccc(/C=C2\C=Cc3ccccc32)cc1. The van der Waals surface area contributed by atoms with E-state index >= 15 is 0 Å². The number of hydrogen-bond acceptors (Lipinski definition) is 0. The van der Waals surface area contributed by atoms with Crippen LogP contribution in [-0.2, 0) is 0 Å². The van der Waals surface area contributed by atoms with E-state index in [9.17, 15) is 4.39 Å². The van der Waals surface area contributed by atoms with E-state index in [1.807, 2.05) is 12.1 Å². The summed E-state index contributed by atoms with van der Waals surface area (Å²) in [7, 11) is 0. The quantitative estimate of drug-likeness (QED) is 0.671. The molecule has 0 radical (unpaired) electrons. The highest BCUT2D eigenvalue weighted by Gasteiger charge is 2.08. The van der Waals surface area contributed by atoms with Gasteiger partial charge in [-0.05, 0) is 40.5 Å². The predicted octanol–water partition coefficient (Wildman–Crippen LogP) is 4.39. The third kappa shape index (κ3) is 1.92. The van der Waals surface area contributed by atoms with E-state index in [0.717, 1.165) is 5.56 Å². The van der Waals surface area contributed by atoms with Crippen LogP contribution >= 0.6 is 0 Å². The molecule has 82 valence electrons. The van der Waals surface area contributed by atoms with Crippen LogP contribution in [0.3, 0.4) is 0 Å². The van der Waals surface area contributed by atoms with Crippen molar-refractivity contribution in [2.75, 3.05) is 0 Å². The lowest BCUT2D eigenvalue weighted by Gasteiger charge is -2.01. The average molecular weight is 222 g/mol. The van der Waals surface area contributed by atoms with Crippen LogP contribution < -0.4 is 0 Å². The van der Waals surface area contributed by atoms with Gasteiger partial charge in [-0.3, -0.25) is 0 Å². The molecule has 0 saturated heterocycles. The van der Waals surface area contributed by atoms with Gasteiger partial charge >= 0.3 is 0 Å². The molecule has 2 aromatic carbocycles. The van der Waals surface area contributed by atoms with Gasteiger partial charge in [0.2, 0.25) is 0 Å². The van der Waals surface area contributed by atoms with Crippen molar-refractivity contribution < 1.29 is 4.39 Å². The molecule has 1 heteroatoms. The van der Waals surface area contributed by atoms with Gasteiger partial charge in [0.15, 0.2) is 0 Å². The molecule has 0 amide bonds. The third-order valence-electron chi connectivity index (χ3n) is 2.91. The summed E-state index contributed by atoms with van der Waals surface area (Å²) >= 11 is 0. The van der Waals surface area contributed by atoms with Crippen LogP contribution in [0.2, 0.25) is 0 Å². The Hall–Kier alpha value is -2.15. The summed E-state index contributed by atoms with van der Waals surface area (Å²) in [6, 6.07) is 14.8. The van der Waals surface area contributed by atoms with E-state index < -0.39 is 0 Å². The predicted molar refractivity (Wildman–Crippen MR) is 69.7 cm³/mol. The summed E-state index contributed by atoms with van der Waals surface area (Å²) in [6.45, 7) is 0. The van der Waals surface area contributed by atoms with Crippen molar-refractivity contribution in [2.24, 2.45) is 0 Å². The molecule has 0 N–H and O–H groups in total. The minimum atomic E-state index is -0.200. The summed E-state index contributed by atoms with van der Waals surface area (Å²) in [4.78, 5) is 0. The molecular weight excluding hydrogens is 211 g/mol. The molecule has 3 rings (SSSR count). The van der Waals surface area contributed by atoms with Crippen LogP contribution in [0.25, 0.3) is 17.7 Å². The molecule has 0 heterocycles. The Bertz CT molecular complexity index is 604. The molecule has 0 unspecified atom stereocenters. The minimum Gasteiger partial charge on any atom is -0.207 e. The van der Waals surface area contributed by atoms with E-state index in [4.69, 9.17) is 0 Å². The van der Waals surface area contributed by atoms with E-state index in [1.165, 1.54) is 28.8 Å². The molecule has 0 atom stereocenters. The van der Waals surface area contributed by atoms with Gasteiger partial charge < -0.3 is 0 Å². The lowest BCUT2D eigenvalue weighted by atomic mass is 10.0. The summed E-state index contributed by atoms with van der Waals surface area (Å²) in [6.07, 6.45) is 6.26. The van der Waals surface area contributed by atoms with Crippen LogP contribution in [0.4, 0.5) is 4.39 Å². The Morgan fingerprint density at radius 3 is 2.41 bits per heavy atom. The molecule has 0 bridgehead atoms. The van der Waals surface area contributed by atoms with Crippen LogP contribution in [0.1, 0.15) is 16.7 Å². The fraction of sp³-hybridized carbons (Fsp3) is 0. The van der Waals surface area contributed by atoms with Gasteiger partial charge in [0.1, 0.15) is 5.82 Å². The maximum Gasteiger partial charge on any atom is 0.123 e. The minimum absolute atomic E-state index is 0.200. The van der Waals surface area contributed by atoms with E-state index in [1.54, 1.807) is 12.1 Å². The number of allylic oxidation sites excluding steroid dienone is 2. The molecule has 0 spiro atoms. The Morgan fingerprint density at radius 2 is 1.59 bits per heavy atom. The molecule has 1 aliphatic carbocycles. The van der Waals surface area contributed by atoms with E-state index in [2.05, 4.69) is 30.4 Å². The van der Waals surface area contributed by atoms with E-state index in [0.29, 0.717) is 0 Å². The molecule has 17 heavy (non-hydrogen) atoms. The monoisotopic (exact) mass is 222 g/mol. The zero-order valence-electron chi connectivity index (χ0n) is 9.23. The molecule has 0 fully saturated rings. The van der Waals surface area contributed by atoms with Crippen molar-refractivity contribution in [3.63, 3.8) is 0 Å². The second-order valence-corrected chi connectivity index (χ2v) is 4.07. The van der Waals surface area contributed by atoms with Gasteiger partial charge in [-0.2, -0.15) is 0 Å². The second kappa shape index (κ2) is 4.02. The number of benzene rings is 2.